The number of nitrogens with one attached hydrogen (secondary N) is 3. The van der Waals surface area contributed by atoms with E-state index in [1.165, 1.54) is 0 Å². The number of nitrogens with zero attached hydrogens (tertiary/aromatic N) is 3. The molecule has 1 saturated heterocycles. The Labute approximate surface area is 310 Å². The highest BCUT2D eigenvalue weighted by Crippen LogP contribution is 2.49. The summed E-state index contributed by atoms with van der Waals surface area (Å²) < 4.78 is 34.7. The number of hydrogen-bond acceptors (Lipinski definition) is 9. The summed E-state index contributed by atoms with van der Waals surface area (Å²) >= 11 is 0. The van der Waals surface area contributed by atoms with Crippen molar-refractivity contribution in [3.05, 3.63) is 71.6 Å². The summed E-state index contributed by atoms with van der Waals surface area (Å²) in [7, 11) is -3.95. The Morgan fingerprint density at radius 1 is 1.06 bits per heavy atom. The molecule has 5 aliphatic rings. The average Bonchev–Trinajstić information content (AvgIpc) is 4.02. The van der Waals surface area contributed by atoms with Crippen LogP contribution >= 0.6 is 0 Å². The van der Waals surface area contributed by atoms with Gasteiger partial charge in [-0.3, -0.25) is 19.1 Å². The van der Waals surface area contributed by atoms with Crippen molar-refractivity contribution in [3.8, 4) is 5.75 Å². The van der Waals surface area contributed by atoms with Gasteiger partial charge in [-0.05, 0) is 95.9 Å². The monoisotopic (exact) mass is 740 g/mol. The predicted molar refractivity (Wildman–Crippen MR) is 201 cm³/mol. The van der Waals surface area contributed by atoms with Crippen molar-refractivity contribution in [2.45, 2.75) is 119 Å². The van der Waals surface area contributed by atoms with Crippen LogP contribution in [0.2, 0.25) is 0 Å². The number of amides is 3. The van der Waals surface area contributed by atoms with E-state index in [-0.39, 0.29) is 31.2 Å². The summed E-state index contributed by atoms with van der Waals surface area (Å²) in [4.78, 5) is 54.4. The van der Waals surface area contributed by atoms with Gasteiger partial charge < -0.3 is 20.3 Å². The molecule has 5 unspecified atom stereocenters. The highest BCUT2D eigenvalue weighted by molar-refractivity contribution is 7.91. The van der Waals surface area contributed by atoms with Crippen LogP contribution in [0, 0.1) is 19.8 Å². The predicted octanol–water partition coefficient (Wildman–Crippen LogP) is 4.79. The third-order valence-corrected chi connectivity index (χ3v) is 14.3. The summed E-state index contributed by atoms with van der Waals surface area (Å²) in [5.74, 6) is -0.578. The number of aromatic nitrogens is 2. The Bertz CT molecular complexity index is 2130. The molecule has 2 aromatic heterocycles. The fraction of sp³-hybridized carbons (Fsp3) is 0.525. The number of carbonyl (C=O) groups is 3. The lowest BCUT2D eigenvalue weighted by atomic mass is 9.87. The smallest absolute Gasteiger partial charge is 0.259 e. The fourth-order valence-electron chi connectivity index (χ4n) is 8.44. The largest absolute Gasteiger partial charge is 0.483 e. The van der Waals surface area contributed by atoms with Crippen molar-refractivity contribution in [2.24, 2.45) is 5.92 Å². The number of pyridine rings is 2. The lowest BCUT2D eigenvalue weighted by Crippen LogP contribution is -2.58. The lowest BCUT2D eigenvalue weighted by molar-refractivity contribution is -0.140. The molecule has 3 aliphatic heterocycles. The third kappa shape index (κ3) is 6.55. The van der Waals surface area contributed by atoms with Gasteiger partial charge in [0.2, 0.25) is 21.8 Å². The van der Waals surface area contributed by atoms with Crippen LogP contribution in [-0.2, 0) is 30.8 Å². The number of ether oxygens (including phenoxy) is 1. The Hall–Kier alpha value is -4.52. The van der Waals surface area contributed by atoms with E-state index in [1.807, 2.05) is 62.4 Å². The molecule has 53 heavy (non-hydrogen) atoms. The highest BCUT2D eigenvalue weighted by atomic mass is 32.2. The van der Waals surface area contributed by atoms with Crippen molar-refractivity contribution in [1.82, 2.24) is 24.9 Å². The van der Waals surface area contributed by atoms with Gasteiger partial charge >= 0.3 is 0 Å². The van der Waals surface area contributed by atoms with Gasteiger partial charge in [-0.1, -0.05) is 43.2 Å². The van der Waals surface area contributed by atoms with Gasteiger partial charge in [0.05, 0.1) is 22.5 Å². The molecular formula is C40H48N6O6S. The molecule has 5 heterocycles. The molecule has 1 aromatic carbocycles. The Balaban J connectivity index is 1.15. The molecule has 13 heteroatoms. The van der Waals surface area contributed by atoms with E-state index in [9.17, 15) is 22.8 Å². The van der Waals surface area contributed by atoms with E-state index in [0.29, 0.717) is 43.7 Å². The molecule has 0 radical (unpaired) electrons. The van der Waals surface area contributed by atoms with Crippen LogP contribution in [0.4, 0.5) is 5.82 Å². The second-order valence-electron chi connectivity index (χ2n) is 16.1. The second kappa shape index (κ2) is 13.1. The molecule has 3 aromatic rings. The molecular weight excluding hydrogens is 693 g/mol. The standard InChI is InChI=1S/C40H48N6O6S/c1-25-16-20-41-33(21-25)43-31-14-8-6-4-5-7-11-27-22-40(27,37(49)45-53(50,51)38(3)18-19-38)44-35(47)32-23-39(24-46(32)36(31)48)17-15-29-28-12-9-10-13-30(28)42-26(2)34(29)52-39/h7,9-13,16,20-21,27,31-32H,4-6,8,14-15,17-19,22-24H2,1-3H3,(H,41,43)(H,44,47)(H,45,49). The maximum absolute atomic E-state index is 14.8. The Kier molecular flexibility index (Phi) is 8.78. The third-order valence-electron chi connectivity index (χ3n) is 12.1. The van der Waals surface area contributed by atoms with Crippen LogP contribution in [-0.4, -0.2) is 75.5 Å². The first kappa shape index (κ1) is 35.5. The van der Waals surface area contributed by atoms with Crippen molar-refractivity contribution in [3.63, 3.8) is 0 Å². The number of benzene rings is 1. The minimum Gasteiger partial charge on any atom is -0.483 e. The van der Waals surface area contributed by atoms with Crippen LogP contribution < -0.4 is 20.1 Å². The molecule has 2 aliphatic carbocycles. The number of hydrogen-bond donors (Lipinski definition) is 3. The fourth-order valence-corrected chi connectivity index (χ4v) is 9.75. The van der Waals surface area contributed by atoms with Crippen molar-refractivity contribution < 1.29 is 27.5 Å². The normalized spacial score (nSPS) is 29.5. The number of anilines is 1. The molecule has 3 fully saturated rings. The van der Waals surface area contributed by atoms with Gasteiger partial charge in [0.15, 0.2) is 0 Å². The number of carbonyl (C=O) groups excluding carboxylic acids is 3. The number of fused-ring (bicyclic) bond motifs is 5. The van der Waals surface area contributed by atoms with E-state index in [0.717, 1.165) is 53.4 Å². The number of allylic oxidation sites excluding steroid dienone is 1. The molecule has 3 amide bonds. The Morgan fingerprint density at radius 2 is 1.87 bits per heavy atom. The van der Waals surface area contributed by atoms with Gasteiger partial charge in [0.25, 0.3) is 5.91 Å². The first-order valence-electron chi connectivity index (χ1n) is 18.9. The van der Waals surface area contributed by atoms with E-state index < -0.39 is 49.8 Å². The highest BCUT2D eigenvalue weighted by Gasteiger charge is 2.64. The summed E-state index contributed by atoms with van der Waals surface area (Å²) in [6.07, 6.45) is 12.2. The molecule has 8 rings (SSSR count). The number of aryl methyl sites for hydroxylation is 3. The van der Waals surface area contributed by atoms with Crippen molar-refractivity contribution in [2.75, 3.05) is 11.9 Å². The zero-order valence-electron chi connectivity index (χ0n) is 30.6. The summed E-state index contributed by atoms with van der Waals surface area (Å²) in [5, 5.41) is 7.42. The van der Waals surface area contributed by atoms with Crippen molar-refractivity contribution >= 4 is 44.5 Å². The summed E-state index contributed by atoms with van der Waals surface area (Å²) in [6.45, 7) is 5.68. The lowest BCUT2D eigenvalue weighted by Gasteiger charge is -2.36. The van der Waals surface area contributed by atoms with E-state index >= 15 is 0 Å². The summed E-state index contributed by atoms with van der Waals surface area (Å²) in [5.41, 5.74) is 1.39. The topological polar surface area (TPSA) is 160 Å². The zero-order chi connectivity index (χ0) is 37.2. The average molecular weight is 741 g/mol. The van der Waals surface area contributed by atoms with Crippen LogP contribution in [0.5, 0.6) is 5.75 Å². The molecule has 280 valence electrons. The molecule has 5 atom stereocenters. The van der Waals surface area contributed by atoms with Gasteiger partial charge in [-0.25, -0.2) is 18.4 Å². The maximum atomic E-state index is 14.8. The minimum absolute atomic E-state index is 0.171. The minimum atomic E-state index is -3.95. The first-order chi connectivity index (χ1) is 25.3. The molecule has 3 N–H and O–H groups in total. The van der Waals surface area contributed by atoms with Crippen LogP contribution in [0.25, 0.3) is 10.9 Å². The first-order valence-corrected chi connectivity index (χ1v) is 20.4. The molecule has 0 bridgehead atoms. The van der Waals surface area contributed by atoms with Crippen molar-refractivity contribution in [1.29, 1.82) is 0 Å². The SMILES string of the molecule is Cc1ccnc(NC2CCCCCC=CC3CC3(C(=O)NS(=O)(=O)C3(C)CC3)NC(=O)C3CC4(CCc5c(c(C)nc6ccccc56)O4)CN3C2=O)c1. The molecule has 2 saturated carbocycles. The molecule has 1 spiro atoms. The van der Waals surface area contributed by atoms with Gasteiger partial charge in [-0.15, -0.1) is 0 Å². The second-order valence-corrected chi connectivity index (χ2v) is 18.3. The van der Waals surface area contributed by atoms with E-state index in [4.69, 9.17) is 9.72 Å². The number of rotatable bonds is 5. The number of sulfonamides is 1. The summed E-state index contributed by atoms with van der Waals surface area (Å²) in [6, 6.07) is 10.1. The van der Waals surface area contributed by atoms with Gasteiger partial charge in [0.1, 0.15) is 34.8 Å². The van der Waals surface area contributed by atoms with Gasteiger partial charge in [-0.2, -0.15) is 0 Å². The van der Waals surface area contributed by atoms with E-state index in [2.05, 4.69) is 20.3 Å². The van der Waals surface area contributed by atoms with Gasteiger partial charge in [0, 0.05) is 29.5 Å². The maximum Gasteiger partial charge on any atom is 0.259 e. The van der Waals surface area contributed by atoms with Crippen LogP contribution in [0.15, 0.2) is 54.7 Å². The molecule has 12 nitrogen and oxygen atoms in total. The Morgan fingerprint density at radius 3 is 2.66 bits per heavy atom. The quantitative estimate of drug-likeness (QED) is 0.313. The van der Waals surface area contributed by atoms with Crippen LogP contribution in [0.3, 0.4) is 0 Å². The van der Waals surface area contributed by atoms with Crippen LogP contribution in [0.1, 0.15) is 88.0 Å². The van der Waals surface area contributed by atoms with E-state index in [1.54, 1.807) is 18.0 Å². The number of para-hydroxylation sites is 1. The zero-order valence-corrected chi connectivity index (χ0v) is 31.4.